The fourth-order valence-corrected chi connectivity index (χ4v) is 2.61. The minimum atomic E-state index is -2.37. The zero-order valence-electron chi connectivity index (χ0n) is 12.0. The molecule has 1 heterocycles. The van der Waals surface area contributed by atoms with Crippen LogP contribution in [-0.4, -0.2) is 31.1 Å². The first-order chi connectivity index (χ1) is 9.75. The smallest absolute Gasteiger partial charge is 0.263 e. The van der Waals surface area contributed by atoms with Crippen LogP contribution in [0.5, 0.6) is 0 Å². The second-order valence-electron chi connectivity index (χ2n) is 5.47. The van der Waals surface area contributed by atoms with Crippen molar-refractivity contribution in [3.63, 3.8) is 0 Å². The molecule has 0 aliphatic carbocycles. The van der Waals surface area contributed by atoms with Gasteiger partial charge in [-0.15, -0.1) is 0 Å². The molecule has 4 heteroatoms. The van der Waals surface area contributed by atoms with Crippen LogP contribution in [0, 0.1) is 0 Å². The third-order valence-corrected chi connectivity index (χ3v) is 3.86. The molecular weight excluding hydrogens is 258 g/mol. The number of alkyl halides is 2. The molecular formula is C16H24F2N2. The molecule has 0 aromatic heterocycles. The van der Waals surface area contributed by atoms with E-state index in [0.717, 1.165) is 25.2 Å². The predicted molar refractivity (Wildman–Crippen MR) is 78.0 cm³/mol. The third-order valence-electron chi connectivity index (χ3n) is 3.86. The van der Waals surface area contributed by atoms with Crippen LogP contribution in [0.2, 0.25) is 0 Å². The molecule has 20 heavy (non-hydrogen) atoms. The first-order valence-corrected chi connectivity index (χ1v) is 7.56. The van der Waals surface area contributed by atoms with E-state index in [2.05, 4.69) is 10.2 Å². The van der Waals surface area contributed by atoms with Gasteiger partial charge in [-0.25, -0.2) is 8.78 Å². The summed E-state index contributed by atoms with van der Waals surface area (Å²) >= 11 is 0. The predicted octanol–water partition coefficient (Wildman–Crippen LogP) is 3.59. The Kier molecular flexibility index (Phi) is 6.40. The van der Waals surface area contributed by atoms with E-state index in [1.54, 1.807) is 12.1 Å². The van der Waals surface area contributed by atoms with Crippen molar-refractivity contribution < 1.29 is 8.78 Å². The van der Waals surface area contributed by atoms with E-state index in [0.29, 0.717) is 0 Å². The fourth-order valence-electron chi connectivity index (χ4n) is 2.61. The maximum atomic E-state index is 12.4. The van der Waals surface area contributed by atoms with E-state index in [4.69, 9.17) is 0 Å². The van der Waals surface area contributed by atoms with Crippen LogP contribution in [0.1, 0.15) is 43.2 Å². The molecule has 0 radical (unpaired) electrons. The Bertz CT molecular complexity index is 371. The summed E-state index contributed by atoms with van der Waals surface area (Å²) in [6.45, 7) is 5.21. The van der Waals surface area contributed by atoms with E-state index < -0.39 is 6.43 Å². The number of hydrogen-bond donors (Lipinski definition) is 1. The van der Waals surface area contributed by atoms with Crippen molar-refractivity contribution in [3.05, 3.63) is 35.4 Å². The molecule has 2 rings (SSSR count). The number of nitrogens with zero attached hydrogens (tertiary/aromatic N) is 1. The average Bonchev–Trinajstić information content (AvgIpc) is 2.73. The van der Waals surface area contributed by atoms with Crippen molar-refractivity contribution in [1.82, 2.24) is 10.2 Å². The van der Waals surface area contributed by atoms with Crippen LogP contribution in [-0.2, 0) is 6.54 Å². The van der Waals surface area contributed by atoms with Gasteiger partial charge >= 0.3 is 0 Å². The highest BCUT2D eigenvalue weighted by atomic mass is 19.3. The van der Waals surface area contributed by atoms with Crippen molar-refractivity contribution in [3.8, 4) is 0 Å². The molecule has 0 atom stereocenters. The molecule has 0 spiro atoms. The largest absolute Gasteiger partial charge is 0.311 e. The zero-order chi connectivity index (χ0) is 14.2. The molecule has 1 fully saturated rings. The Hall–Kier alpha value is -1.00. The third kappa shape index (κ3) is 5.17. The van der Waals surface area contributed by atoms with Gasteiger partial charge in [-0.3, -0.25) is 0 Å². The molecule has 1 N–H and O–H groups in total. The van der Waals surface area contributed by atoms with Gasteiger partial charge in [0.1, 0.15) is 0 Å². The lowest BCUT2D eigenvalue weighted by atomic mass is 10.1. The van der Waals surface area contributed by atoms with E-state index in [1.165, 1.54) is 50.9 Å². The van der Waals surface area contributed by atoms with Crippen molar-refractivity contribution in [2.75, 3.05) is 26.2 Å². The Balaban J connectivity index is 1.65. The average molecular weight is 282 g/mol. The highest BCUT2D eigenvalue weighted by Crippen LogP contribution is 2.18. The second kappa shape index (κ2) is 8.32. The molecule has 1 saturated heterocycles. The lowest BCUT2D eigenvalue weighted by Gasteiger charge is -2.19. The van der Waals surface area contributed by atoms with Crippen LogP contribution in [0.3, 0.4) is 0 Å². The highest BCUT2D eigenvalue weighted by molar-refractivity contribution is 5.23. The molecule has 0 unspecified atom stereocenters. The zero-order valence-corrected chi connectivity index (χ0v) is 12.0. The quantitative estimate of drug-likeness (QED) is 0.802. The number of nitrogens with one attached hydrogen (secondary N) is 1. The van der Waals surface area contributed by atoms with E-state index in [1.807, 2.05) is 0 Å². The minimum absolute atomic E-state index is 0.0957. The topological polar surface area (TPSA) is 15.3 Å². The summed E-state index contributed by atoms with van der Waals surface area (Å²) in [5.74, 6) is 0. The summed E-state index contributed by atoms with van der Waals surface area (Å²) in [7, 11) is 0. The Morgan fingerprint density at radius 1 is 1.00 bits per heavy atom. The number of benzene rings is 1. The van der Waals surface area contributed by atoms with Gasteiger partial charge < -0.3 is 10.2 Å². The normalized spacial score (nSPS) is 17.4. The molecule has 0 amide bonds. The van der Waals surface area contributed by atoms with Crippen molar-refractivity contribution >= 4 is 0 Å². The van der Waals surface area contributed by atoms with Crippen LogP contribution < -0.4 is 5.32 Å². The van der Waals surface area contributed by atoms with Crippen LogP contribution >= 0.6 is 0 Å². The molecule has 112 valence electrons. The van der Waals surface area contributed by atoms with Crippen molar-refractivity contribution in [1.29, 1.82) is 0 Å². The Morgan fingerprint density at radius 2 is 1.65 bits per heavy atom. The summed E-state index contributed by atoms with van der Waals surface area (Å²) in [5.41, 5.74) is 1.16. The summed E-state index contributed by atoms with van der Waals surface area (Å²) in [6.07, 6.45) is 2.98. The van der Waals surface area contributed by atoms with Gasteiger partial charge in [0.25, 0.3) is 6.43 Å². The first kappa shape index (κ1) is 15.4. The van der Waals surface area contributed by atoms with Gasteiger partial charge in [-0.05, 0) is 31.5 Å². The maximum Gasteiger partial charge on any atom is 0.263 e. The van der Waals surface area contributed by atoms with Gasteiger partial charge in [-0.2, -0.15) is 0 Å². The Labute approximate surface area is 120 Å². The molecule has 0 saturated carbocycles. The minimum Gasteiger partial charge on any atom is -0.311 e. The highest BCUT2D eigenvalue weighted by Gasteiger charge is 2.08. The second-order valence-corrected chi connectivity index (χ2v) is 5.47. The maximum absolute atomic E-state index is 12.4. The van der Waals surface area contributed by atoms with Gasteiger partial charge in [0, 0.05) is 25.2 Å². The lowest BCUT2D eigenvalue weighted by molar-refractivity contribution is 0.151. The number of rotatable bonds is 6. The van der Waals surface area contributed by atoms with E-state index in [9.17, 15) is 8.78 Å². The number of halogens is 2. The van der Waals surface area contributed by atoms with Gasteiger partial charge in [0.15, 0.2) is 0 Å². The number of hydrogen-bond acceptors (Lipinski definition) is 2. The standard InChI is InChI=1S/C16H24F2N2/c17-16(18)15-7-5-14(6-8-15)13-19-9-12-20-10-3-1-2-4-11-20/h5-8,16,19H,1-4,9-13H2. The van der Waals surface area contributed by atoms with Gasteiger partial charge in [-0.1, -0.05) is 37.1 Å². The molecule has 2 nitrogen and oxygen atoms in total. The molecule has 1 aliphatic heterocycles. The first-order valence-electron chi connectivity index (χ1n) is 7.56. The monoisotopic (exact) mass is 282 g/mol. The molecule has 1 aliphatic rings. The fraction of sp³-hybridized carbons (Fsp3) is 0.625. The van der Waals surface area contributed by atoms with Crippen LogP contribution in [0.15, 0.2) is 24.3 Å². The summed E-state index contributed by atoms with van der Waals surface area (Å²) < 4.78 is 24.8. The van der Waals surface area contributed by atoms with Crippen molar-refractivity contribution in [2.24, 2.45) is 0 Å². The van der Waals surface area contributed by atoms with Crippen LogP contribution in [0.4, 0.5) is 8.78 Å². The van der Waals surface area contributed by atoms with E-state index in [-0.39, 0.29) is 5.56 Å². The van der Waals surface area contributed by atoms with Crippen LogP contribution in [0.25, 0.3) is 0 Å². The summed E-state index contributed by atoms with van der Waals surface area (Å²) in [5, 5.41) is 3.39. The molecule has 0 bridgehead atoms. The summed E-state index contributed by atoms with van der Waals surface area (Å²) in [6, 6.07) is 6.58. The summed E-state index contributed by atoms with van der Waals surface area (Å²) in [4.78, 5) is 2.51. The number of likely N-dealkylation sites (tertiary alicyclic amines) is 1. The van der Waals surface area contributed by atoms with E-state index >= 15 is 0 Å². The molecule has 1 aromatic carbocycles. The SMILES string of the molecule is FC(F)c1ccc(CNCCN2CCCCCC2)cc1. The lowest BCUT2D eigenvalue weighted by Crippen LogP contribution is -2.32. The molecule has 1 aromatic rings. The Morgan fingerprint density at radius 3 is 2.25 bits per heavy atom. The van der Waals surface area contributed by atoms with Crippen molar-refractivity contribution in [2.45, 2.75) is 38.7 Å². The van der Waals surface area contributed by atoms with Gasteiger partial charge in [0.05, 0.1) is 0 Å². The van der Waals surface area contributed by atoms with Gasteiger partial charge in [0.2, 0.25) is 0 Å².